The molecule has 0 spiro atoms. The van der Waals surface area contributed by atoms with Crippen LogP contribution >= 0.6 is 11.6 Å². The molecule has 2 aromatic carbocycles. The molecule has 0 unspecified atom stereocenters. The van der Waals surface area contributed by atoms with E-state index in [9.17, 15) is 0 Å². The van der Waals surface area contributed by atoms with Gasteiger partial charge in [-0.1, -0.05) is 36.7 Å². The van der Waals surface area contributed by atoms with Crippen LogP contribution in [0.1, 0.15) is 29.2 Å². The summed E-state index contributed by atoms with van der Waals surface area (Å²) in [5.74, 6) is 1.60. The second-order valence-corrected chi connectivity index (χ2v) is 5.71. The first-order valence-electron chi connectivity index (χ1n) is 7.26. The summed E-state index contributed by atoms with van der Waals surface area (Å²) in [6, 6.07) is 10.1. The molecule has 2 rings (SSSR count). The number of hydrogen-bond acceptors (Lipinski definition) is 2. The number of rotatable bonds is 5. The molecule has 112 valence electrons. The average molecular weight is 304 g/mol. The van der Waals surface area contributed by atoms with Gasteiger partial charge in [-0.15, -0.1) is 0 Å². The largest absolute Gasteiger partial charge is 0.455 e. The molecule has 0 radical (unpaired) electrons. The first-order chi connectivity index (χ1) is 10.0. The van der Waals surface area contributed by atoms with Gasteiger partial charge in [0, 0.05) is 6.54 Å². The predicted octanol–water partition coefficient (Wildman–Crippen LogP) is 5.17. The number of aryl methyl sites for hydroxylation is 2. The van der Waals surface area contributed by atoms with E-state index in [2.05, 4.69) is 45.1 Å². The number of hydrogen-bond donors (Lipinski definition) is 1. The van der Waals surface area contributed by atoms with E-state index in [-0.39, 0.29) is 0 Å². The Bertz CT molecular complexity index is 637. The second-order valence-electron chi connectivity index (χ2n) is 5.30. The number of halogens is 1. The Morgan fingerprint density at radius 2 is 1.76 bits per heavy atom. The van der Waals surface area contributed by atoms with Crippen LogP contribution in [0.4, 0.5) is 0 Å². The standard InChI is InChI=1S/C18H22ClNO/c1-5-20-11-15-8-9-17(16(19)10-15)21-18-13(3)7-6-12(2)14(18)4/h6-10,20H,5,11H2,1-4H3. The van der Waals surface area contributed by atoms with Crippen molar-refractivity contribution in [3.8, 4) is 11.5 Å². The zero-order valence-corrected chi connectivity index (χ0v) is 13.8. The van der Waals surface area contributed by atoms with Crippen LogP contribution in [0.2, 0.25) is 5.02 Å². The van der Waals surface area contributed by atoms with E-state index >= 15 is 0 Å². The molecule has 0 saturated heterocycles. The van der Waals surface area contributed by atoms with Crippen LogP contribution < -0.4 is 10.1 Å². The second kappa shape index (κ2) is 6.97. The monoisotopic (exact) mass is 303 g/mol. The lowest BCUT2D eigenvalue weighted by atomic mass is 10.1. The molecule has 0 aliphatic carbocycles. The molecule has 21 heavy (non-hydrogen) atoms. The lowest BCUT2D eigenvalue weighted by molar-refractivity contribution is 0.474. The molecule has 0 fully saturated rings. The highest BCUT2D eigenvalue weighted by Crippen LogP contribution is 2.34. The SMILES string of the molecule is CCNCc1ccc(Oc2c(C)ccc(C)c2C)c(Cl)c1. The van der Waals surface area contributed by atoms with Gasteiger partial charge >= 0.3 is 0 Å². The van der Waals surface area contributed by atoms with E-state index in [0.29, 0.717) is 10.8 Å². The minimum atomic E-state index is 0.644. The molecule has 1 N–H and O–H groups in total. The van der Waals surface area contributed by atoms with Gasteiger partial charge in [0.1, 0.15) is 11.5 Å². The molecule has 0 heterocycles. The Morgan fingerprint density at radius 3 is 2.43 bits per heavy atom. The van der Waals surface area contributed by atoms with Gasteiger partial charge in [-0.05, 0) is 61.7 Å². The maximum Gasteiger partial charge on any atom is 0.146 e. The van der Waals surface area contributed by atoms with E-state index < -0.39 is 0 Å². The van der Waals surface area contributed by atoms with Gasteiger partial charge in [-0.2, -0.15) is 0 Å². The summed E-state index contributed by atoms with van der Waals surface area (Å²) in [6.07, 6.45) is 0. The summed E-state index contributed by atoms with van der Waals surface area (Å²) in [5, 5.41) is 3.93. The highest BCUT2D eigenvalue weighted by Gasteiger charge is 2.10. The fourth-order valence-electron chi connectivity index (χ4n) is 2.20. The van der Waals surface area contributed by atoms with E-state index in [0.717, 1.165) is 35.5 Å². The molecule has 0 atom stereocenters. The van der Waals surface area contributed by atoms with Gasteiger partial charge in [0.05, 0.1) is 5.02 Å². The van der Waals surface area contributed by atoms with E-state index in [4.69, 9.17) is 16.3 Å². The van der Waals surface area contributed by atoms with Crippen LogP contribution in [0, 0.1) is 20.8 Å². The maximum absolute atomic E-state index is 6.35. The lowest BCUT2D eigenvalue weighted by Crippen LogP contribution is -2.11. The molecular formula is C18H22ClNO. The van der Waals surface area contributed by atoms with Crippen molar-refractivity contribution in [1.82, 2.24) is 5.32 Å². The molecule has 0 aliphatic rings. The molecule has 2 aromatic rings. The zero-order valence-electron chi connectivity index (χ0n) is 13.1. The van der Waals surface area contributed by atoms with Gasteiger partial charge < -0.3 is 10.1 Å². The van der Waals surface area contributed by atoms with Crippen molar-refractivity contribution in [3.63, 3.8) is 0 Å². The van der Waals surface area contributed by atoms with Gasteiger partial charge in [0.15, 0.2) is 0 Å². The minimum absolute atomic E-state index is 0.644. The minimum Gasteiger partial charge on any atom is -0.455 e. The molecule has 0 bridgehead atoms. The highest BCUT2D eigenvalue weighted by atomic mass is 35.5. The van der Waals surface area contributed by atoms with Crippen LogP contribution in [-0.2, 0) is 6.54 Å². The highest BCUT2D eigenvalue weighted by molar-refractivity contribution is 6.32. The van der Waals surface area contributed by atoms with E-state index in [1.165, 1.54) is 5.56 Å². The summed E-state index contributed by atoms with van der Waals surface area (Å²) in [5.41, 5.74) is 4.65. The number of nitrogens with one attached hydrogen (secondary N) is 1. The van der Waals surface area contributed by atoms with Crippen molar-refractivity contribution in [1.29, 1.82) is 0 Å². The summed E-state index contributed by atoms with van der Waals surface area (Å²) in [4.78, 5) is 0. The summed E-state index contributed by atoms with van der Waals surface area (Å²) in [7, 11) is 0. The van der Waals surface area contributed by atoms with E-state index in [1.54, 1.807) is 0 Å². The normalized spacial score (nSPS) is 10.7. The predicted molar refractivity (Wildman–Crippen MR) is 89.6 cm³/mol. The fraction of sp³-hybridized carbons (Fsp3) is 0.333. The van der Waals surface area contributed by atoms with Crippen LogP contribution in [-0.4, -0.2) is 6.54 Å². The smallest absolute Gasteiger partial charge is 0.146 e. The molecule has 0 aromatic heterocycles. The third-order valence-corrected chi connectivity index (χ3v) is 3.96. The van der Waals surface area contributed by atoms with Crippen molar-refractivity contribution in [2.45, 2.75) is 34.2 Å². The quantitative estimate of drug-likeness (QED) is 0.823. The van der Waals surface area contributed by atoms with Gasteiger partial charge in [-0.3, -0.25) is 0 Å². The molecule has 0 aliphatic heterocycles. The first kappa shape index (κ1) is 15.9. The molecule has 0 saturated carbocycles. The molecule has 0 amide bonds. The fourth-order valence-corrected chi connectivity index (χ4v) is 2.44. The topological polar surface area (TPSA) is 21.3 Å². The Morgan fingerprint density at radius 1 is 1.05 bits per heavy atom. The summed E-state index contributed by atoms with van der Waals surface area (Å²) < 4.78 is 6.06. The van der Waals surface area contributed by atoms with Crippen LogP contribution in [0.15, 0.2) is 30.3 Å². The summed E-state index contributed by atoms with van der Waals surface area (Å²) >= 11 is 6.35. The van der Waals surface area contributed by atoms with E-state index in [1.807, 2.05) is 18.2 Å². The van der Waals surface area contributed by atoms with Crippen molar-refractivity contribution >= 4 is 11.6 Å². The maximum atomic E-state index is 6.35. The van der Waals surface area contributed by atoms with Crippen molar-refractivity contribution in [2.75, 3.05) is 6.54 Å². The van der Waals surface area contributed by atoms with Crippen LogP contribution in [0.5, 0.6) is 11.5 Å². The van der Waals surface area contributed by atoms with Crippen molar-refractivity contribution < 1.29 is 4.74 Å². The number of benzene rings is 2. The van der Waals surface area contributed by atoms with Crippen LogP contribution in [0.25, 0.3) is 0 Å². The molecular weight excluding hydrogens is 282 g/mol. The Kier molecular flexibility index (Phi) is 5.27. The number of ether oxygens (including phenoxy) is 1. The lowest BCUT2D eigenvalue weighted by Gasteiger charge is -2.15. The van der Waals surface area contributed by atoms with Crippen molar-refractivity contribution in [2.24, 2.45) is 0 Å². The van der Waals surface area contributed by atoms with Gasteiger partial charge in [-0.25, -0.2) is 0 Å². The van der Waals surface area contributed by atoms with Crippen molar-refractivity contribution in [3.05, 3.63) is 57.6 Å². The molecule has 3 heteroatoms. The van der Waals surface area contributed by atoms with Crippen LogP contribution in [0.3, 0.4) is 0 Å². The summed E-state index contributed by atoms with van der Waals surface area (Å²) in [6.45, 7) is 10.1. The molecule has 2 nitrogen and oxygen atoms in total. The van der Waals surface area contributed by atoms with Gasteiger partial charge in [0.2, 0.25) is 0 Å². The zero-order chi connectivity index (χ0) is 15.4. The third-order valence-electron chi connectivity index (χ3n) is 3.66. The third kappa shape index (κ3) is 3.78. The first-order valence-corrected chi connectivity index (χ1v) is 7.64. The Labute approximate surface area is 132 Å². The Balaban J connectivity index is 2.26. The van der Waals surface area contributed by atoms with Gasteiger partial charge in [0.25, 0.3) is 0 Å². The average Bonchev–Trinajstić information content (AvgIpc) is 2.47. The Hall–Kier alpha value is -1.51.